The third-order valence-electron chi connectivity index (χ3n) is 3.06. The van der Waals surface area contributed by atoms with Gasteiger partial charge in [-0.2, -0.15) is 0 Å². The first-order chi connectivity index (χ1) is 8.58. The number of amides is 1. The molecule has 98 valence electrons. The number of nitrogens with zero attached hydrogens (tertiary/aromatic N) is 1. The number of hydrogen-bond donors (Lipinski definition) is 1. The summed E-state index contributed by atoms with van der Waals surface area (Å²) < 4.78 is 0. The molecule has 18 heavy (non-hydrogen) atoms. The van der Waals surface area contributed by atoms with E-state index in [4.69, 9.17) is 17.3 Å². The third-order valence-corrected chi connectivity index (χ3v) is 4.79. The van der Waals surface area contributed by atoms with Gasteiger partial charge in [0.25, 0.3) is 0 Å². The predicted octanol–water partition coefficient (Wildman–Crippen LogP) is 2.78. The maximum atomic E-state index is 12.2. The fourth-order valence-corrected chi connectivity index (χ4v) is 3.52. The largest absolute Gasteiger partial charge is 0.399 e. The molecule has 1 atom stereocenters. The van der Waals surface area contributed by atoms with E-state index in [1.807, 2.05) is 13.1 Å². The van der Waals surface area contributed by atoms with Crippen LogP contribution in [-0.2, 0) is 11.3 Å². The van der Waals surface area contributed by atoms with E-state index in [1.54, 1.807) is 28.8 Å². The minimum absolute atomic E-state index is 0.120. The van der Waals surface area contributed by atoms with Gasteiger partial charge >= 0.3 is 0 Å². The van der Waals surface area contributed by atoms with Crippen molar-refractivity contribution in [2.24, 2.45) is 0 Å². The van der Waals surface area contributed by atoms with Crippen LogP contribution in [0.4, 0.5) is 5.69 Å². The first-order valence-electron chi connectivity index (χ1n) is 5.98. The van der Waals surface area contributed by atoms with Crippen molar-refractivity contribution in [1.82, 2.24) is 4.90 Å². The molecule has 1 unspecified atom stereocenters. The van der Waals surface area contributed by atoms with Crippen LogP contribution in [0, 0.1) is 0 Å². The van der Waals surface area contributed by atoms with Crippen LogP contribution in [0.3, 0.4) is 0 Å². The molecule has 1 aromatic carbocycles. The van der Waals surface area contributed by atoms with Crippen molar-refractivity contribution in [3.05, 3.63) is 28.8 Å². The molecule has 2 N–H and O–H groups in total. The highest BCUT2D eigenvalue weighted by atomic mass is 35.5. The molecular formula is C13H17ClN2OS. The Bertz CT molecular complexity index is 447. The van der Waals surface area contributed by atoms with E-state index >= 15 is 0 Å². The van der Waals surface area contributed by atoms with Crippen LogP contribution >= 0.6 is 23.4 Å². The Labute approximate surface area is 117 Å². The zero-order valence-electron chi connectivity index (χ0n) is 10.4. The van der Waals surface area contributed by atoms with Crippen LogP contribution < -0.4 is 5.73 Å². The van der Waals surface area contributed by atoms with Gasteiger partial charge in [0, 0.05) is 24.3 Å². The lowest BCUT2D eigenvalue weighted by atomic mass is 10.1. The van der Waals surface area contributed by atoms with Crippen molar-refractivity contribution in [1.29, 1.82) is 0 Å². The summed E-state index contributed by atoms with van der Waals surface area (Å²) in [7, 11) is 1.82. The van der Waals surface area contributed by atoms with Crippen molar-refractivity contribution >= 4 is 35.0 Å². The lowest BCUT2D eigenvalue weighted by Crippen LogP contribution is -2.33. The Morgan fingerprint density at radius 1 is 1.61 bits per heavy atom. The van der Waals surface area contributed by atoms with Gasteiger partial charge in [0.2, 0.25) is 5.91 Å². The van der Waals surface area contributed by atoms with Gasteiger partial charge in [0.05, 0.1) is 5.25 Å². The number of hydrogen-bond acceptors (Lipinski definition) is 3. The Morgan fingerprint density at radius 3 is 3.06 bits per heavy atom. The molecule has 1 saturated heterocycles. The molecule has 5 heteroatoms. The number of benzene rings is 1. The zero-order valence-corrected chi connectivity index (χ0v) is 11.9. The molecule has 0 spiro atoms. The van der Waals surface area contributed by atoms with E-state index in [2.05, 4.69) is 0 Å². The summed E-state index contributed by atoms with van der Waals surface area (Å²) in [5, 5.41) is 0.776. The lowest BCUT2D eigenvalue weighted by molar-refractivity contribution is -0.129. The number of nitrogens with two attached hydrogens (primary N) is 1. The number of halogens is 1. The maximum Gasteiger partial charge on any atom is 0.235 e. The number of anilines is 1. The lowest BCUT2D eigenvalue weighted by Gasteiger charge is -2.21. The Morgan fingerprint density at radius 2 is 2.39 bits per heavy atom. The summed E-state index contributed by atoms with van der Waals surface area (Å²) in [6.45, 7) is 0.514. The van der Waals surface area contributed by atoms with Gasteiger partial charge < -0.3 is 10.6 Å². The summed E-state index contributed by atoms with van der Waals surface area (Å²) in [5.41, 5.74) is 7.31. The van der Waals surface area contributed by atoms with Crippen molar-refractivity contribution in [3.63, 3.8) is 0 Å². The fourth-order valence-electron chi connectivity index (χ4n) is 2.07. The predicted molar refractivity (Wildman–Crippen MR) is 77.8 cm³/mol. The van der Waals surface area contributed by atoms with Gasteiger partial charge in [-0.3, -0.25) is 4.79 Å². The van der Waals surface area contributed by atoms with Gasteiger partial charge in [0.1, 0.15) is 0 Å². The first kappa shape index (κ1) is 13.6. The monoisotopic (exact) mass is 284 g/mol. The van der Waals surface area contributed by atoms with E-state index in [1.165, 1.54) is 0 Å². The molecule has 1 aliphatic heterocycles. The van der Waals surface area contributed by atoms with E-state index in [0.29, 0.717) is 17.3 Å². The summed E-state index contributed by atoms with van der Waals surface area (Å²) >= 11 is 7.85. The molecule has 1 aliphatic rings. The number of thioether (sulfide) groups is 1. The molecule has 1 amide bonds. The minimum atomic E-state index is 0.120. The number of rotatable bonds is 3. The molecule has 0 radical (unpaired) electrons. The molecule has 0 bridgehead atoms. The number of carbonyl (C=O) groups excluding carboxylic acids is 1. The zero-order chi connectivity index (χ0) is 13.1. The first-order valence-corrected chi connectivity index (χ1v) is 7.41. The molecule has 1 aromatic rings. The smallest absolute Gasteiger partial charge is 0.235 e. The Balaban J connectivity index is 2.03. The van der Waals surface area contributed by atoms with Crippen LogP contribution in [-0.4, -0.2) is 28.9 Å². The normalized spacial score (nSPS) is 18.9. The molecule has 2 rings (SSSR count). The van der Waals surface area contributed by atoms with E-state index in [0.717, 1.165) is 24.2 Å². The molecule has 0 saturated carbocycles. The topological polar surface area (TPSA) is 46.3 Å². The standard InChI is InChI=1S/C13H17ClN2OS/c1-16(13(17)12-3-2-6-18-12)8-9-7-10(15)4-5-11(9)14/h4-5,7,12H,2-3,6,8,15H2,1H3. The summed E-state index contributed by atoms with van der Waals surface area (Å²) in [6, 6.07) is 5.36. The van der Waals surface area contributed by atoms with Crippen molar-refractivity contribution < 1.29 is 4.79 Å². The average Bonchev–Trinajstić information content (AvgIpc) is 2.86. The highest BCUT2D eigenvalue weighted by molar-refractivity contribution is 8.00. The molecular weight excluding hydrogens is 268 g/mol. The molecule has 0 aromatic heterocycles. The summed E-state index contributed by atoms with van der Waals surface area (Å²) in [6.07, 6.45) is 2.12. The average molecular weight is 285 g/mol. The second-order valence-corrected chi connectivity index (χ2v) is 6.26. The van der Waals surface area contributed by atoms with E-state index in [-0.39, 0.29) is 11.2 Å². The fraction of sp³-hybridized carbons (Fsp3) is 0.462. The summed E-state index contributed by atoms with van der Waals surface area (Å²) in [4.78, 5) is 13.9. The van der Waals surface area contributed by atoms with Crippen LogP contribution in [0.15, 0.2) is 18.2 Å². The Kier molecular flexibility index (Phi) is 4.40. The van der Waals surface area contributed by atoms with Gasteiger partial charge in [-0.25, -0.2) is 0 Å². The highest BCUT2D eigenvalue weighted by Crippen LogP contribution is 2.28. The second kappa shape index (κ2) is 5.85. The minimum Gasteiger partial charge on any atom is -0.399 e. The van der Waals surface area contributed by atoms with Gasteiger partial charge in [0.15, 0.2) is 0 Å². The van der Waals surface area contributed by atoms with Gasteiger partial charge in [-0.15, -0.1) is 11.8 Å². The van der Waals surface area contributed by atoms with Gasteiger partial charge in [-0.05, 0) is 42.4 Å². The maximum absolute atomic E-state index is 12.2. The van der Waals surface area contributed by atoms with Crippen LogP contribution in [0.25, 0.3) is 0 Å². The number of carbonyl (C=O) groups is 1. The van der Waals surface area contributed by atoms with Crippen molar-refractivity contribution in [3.8, 4) is 0 Å². The SMILES string of the molecule is CN(Cc1cc(N)ccc1Cl)C(=O)C1CCCS1. The van der Waals surface area contributed by atoms with Crippen LogP contribution in [0.2, 0.25) is 5.02 Å². The van der Waals surface area contributed by atoms with Crippen LogP contribution in [0.1, 0.15) is 18.4 Å². The van der Waals surface area contributed by atoms with Crippen LogP contribution in [0.5, 0.6) is 0 Å². The highest BCUT2D eigenvalue weighted by Gasteiger charge is 2.26. The van der Waals surface area contributed by atoms with Crippen molar-refractivity contribution in [2.75, 3.05) is 18.5 Å². The van der Waals surface area contributed by atoms with E-state index in [9.17, 15) is 4.79 Å². The molecule has 1 heterocycles. The number of nitrogen functional groups attached to an aromatic ring is 1. The Hall–Kier alpha value is -0.870. The van der Waals surface area contributed by atoms with Gasteiger partial charge in [-0.1, -0.05) is 11.6 Å². The second-order valence-electron chi connectivity index (χ2n) is 4.55. The van der Waals surface area contributed by atoms with E-state index < -0.39 is 0 Å². The molecule has 3 nitrogen and oxygen atoms in total. The molecule has 0 aliphatic carbocycles. The van der Waals surface area contributed by atoms with Crippen molar-refractivity contribution in [2.45, 2.75) is 24.6 Å². The quantitative estimate of drug-likeness (QED) is 0.868. The summed E-state index contributed by atoms with van der Waals surface area (Å²) in [5.74, 6) is 1.28. The molecule has 1 fully saturated rings. The third kappa shape index (κ3) is 3.12.